The number of fused-ring (bicyclic) bond motifs is 2. The monoisotopic (exact) mass is 475 g/mol. The number of unbranched alkanes of at least 4 members (excludes halogenated alkanes) is 3. The number of para-hydroxylation sites is 1. The lowest BCUT2D eigenvalue weighted by molar-refractivity contribution is 0.0970. The first-order valence-corrected chi connectivity index (χ1v) is 12.3. The van der Waals surface area contributed by atoms with Gasteiger partial charge in [0, 0.05) is 0 Å². The molecule has 2 aromatic carbocycles. The topological polar surface area (TPSA) is 85.5 Å². The number of ether oxygens (including phenoxy) is 1. The summed E-state index contributed by atoms with van der Waals surface area (Å²) in [4.78, 5) is 28.5. The molecule has 0 fully saturated rings. The minimum absolute atomic E-state index is 0.0535. The molecule has 8 heteroatoms. The van der Waals surface area contributed by atoms with E-state index in [1.54, 1.807) is 24.3 Å². The summed E-state index contributed by atoms with van der Waals surface area (Å²) in [5.74, 6) is 0.418. The van der Waals surface area contributed by atoms with Gasteiger partial charge in [-0.15, -0.1) is 10.2 Å². The van der Waals surface area contributed by atoms with E-state index in [0.29, 0.717) is 28.3 Å². The van der Waals surface area contributed by atoms with Crippen LogP contribution in [0.4, 0.5) is 5.13 Å². The Balaban J connectivity index is 1.54. The third kappa shape index (κ3) is 3.98. The van der Waals surface area contributed by atoms with E-state index in [1.807, 2.05) is 31.2 Å². The lowest BCUT2D eigenvalue weighted by Crippen LogP contribution is -2.29. The Hall–Kier alpha value is -3.52. The van der Waals surface area contributed by atoms with Gasteiger partial charge < -0.3 is 9.15 Å². The van der Waals surface area contributed by atoms with Crippen LogP contribution < -0.4 is 15.1 Å². The van der Waals surface area contributed by atoms with Crippen LogP contribution in [0.25, 0.3) is 11.0 Å². The van der Waals surface area contributed by atoms with Crippen LogP contribution in [0.3, 0.4) is 0 Å². The lowest BCUT2D eigenvalue weighted by atomic mass is 9.98. The normalized spacial score (nSPS) is 15.2. The Bertz CT molecular complexity index is 1390. The lowest BCUT2D eigenvalue weighted by Gasteiger charge is -2.22. The van der Waals surface area contributed by atoms with Crippen LogP contribution in [0, 0.1) is 6.92 Å². The Kier molecular flexibility index (Phi) is 6.15. The molecule has 0 N–H and O–H groups in total. The molecule has 1 atom stereocenters. The standard InChI is InChI=1S/C26H25N3O4S/c1-3-4-5-8-15-32-18-13-11-17(12-14-18)22-21-23(30)19-9-6-7-10-20(19)33-24(21)25(31)29(22)26-28-27-16(2)34-26/h6-7,9-14,22H,3-5,8,15H2,1-2H3. The smallest absolute Gasteiger partial charge is 0.297 e. The average Bonchev–Trinajstić information content (AvgIpc) is 3.40. The fourth-order valence-electron chi connectivity index (χ4n) is 4.28. The summed E-state index contributed by atoms with van der Waals surface area (Å²) < 4.78 is 11.8. The number of aromatic nitrogens is 2. The Morgan fingerprint density at radius 3 is 2.56 bits per heavy atom. The van der Waals surface area contributed by atoms with Crippen molar-refractivity contribution in [2.45, 2.75) is 45.6 Å². The molecule has 1 aliphatic heterocycles. The molecule has 0 saturated heterocycles. The Labute approximate surface area is 201 Å². The van der Waals surface area contributed by atoms with Crippen LogP contribution in [0.15, 0.2) is 57.7 Å². The van der Waals surface area contributed by atoms with Crippen molar-refractivity contribution in [1.29, 1.82) is 0 Å². The molecule has 0 saturated carbocycles. The summed E-state index contributed by atoms with van der Waals surface area (Å²) in [5.41, 5.74) is 1.28. The van der Waals surface area contributed by atoms with E-state index in [2.05, 4.69) is 17.1 Å². The van der Waals surface area contributed by atoms with E-state index in [9.17, 15) is 9.59 Å². The van der Waals surface area contributed by atoms with Crippen molar-refractivity contribution in [1.82, 2.24) is 10.2 Å². The highest BCUT2D eigenvalue weighted by Crippen LogP contribution is 2.42. The molecule has 5 rings (SSSR count). The molecule has 4 aromatic rings. The second-order valence-electron chi connectivity index (χ2n) is 8.33. The largest absolute Gasteiger partial charge is 0.494 e. The summed E-state index contributed by atoms with van der Waals surface area (Å²) in [6, 6.07) is 13.9. The summed E-state index contributed by atoms with van der Waals surface area (Å²) in [6.07, 6.45) is 4.55. The molecule has 3 heterocycles. The number of benzene rings is 2. The number of anilines is 1. The van der Waals surface area contributed by atoms with Crippen molar-refractivity contribution >= 4 is 33.3 Å². The fraction of sp³-hybridized carbons (Fsp3) is 0.308. The van der Waals surface area contributed by atoms with Gasteiger partial charge in [-0.05, 0) is 43.2 Å². The predicted molar refractivity (Wildman–Crippen MR) is 132 cm³/mol. The van der Waals surface area contributed by atoms with Crippen molar-refractivity contribution in [2.75, 3.05) is 11.5 Å². The van der Waals surface area contributed by atoms with Gasteiger partial charge in [-0.25, -0.2) is 0 Å². The number of carbonyl (C=O) groups excluding carboxylic acids is 1. The van der Waals surface area contributed by atoms with Gasteiger partial charge >= 0.3 is 0 Å². The van der Waals surface area contributed by atoms with Crippen molar-refractivity contribution in [2.24, 2.45) is 0 Å². The van der Waals surface area contributed by atoms with Gasteiger partial charge in [-0.1, -0.05) is 61.8 Å². The molecule has 174 valence electrons. The number of hydrogen-bond acceptors (Lipinski definition) is 7. The van der Waals surface area contributed by atoms with Gasteiger partial charge in [0.2, 0.25) is 10.9 Å². The molecule has 0 bridgehead atoms. The Morgan fingerprint density at radius 2 is 1.82 bits per heavy atom. The highest BCUT2D eigenvalue weighted by atomic mass is 32.1. The van der Waals surface area contributed by atoms with Gasteiger partial charge in [0.15, 0.2) is 5.43 Å². The molecule has 34 heavy (non-hydrogen) atoms. The zero-order chi connectivity index (χ0) is 23.7. The molecule has 0 spiro atoms. The second-order valence-corrected chi connectivity index (χ2v) is 9.49. The molecule has 1 aliphatic rings. The number of hydrogen-bond donors (Lipinski definition) is 0. The summed E-state index contributed by atoms with van der Waals surface area (Å²) in [6.45, 7) is 4.67. The van der Waals surface area contributed by atoms with Crippen LogP contribution in [-0.4, -0.2) is 22.7 Å². The first kappa shape index (κ1) is 22.3. The van der Waals surface area contributed by atoms with Gasteiger partial charge in [-0.2, -0.15) is 0 Å². The molecule has 1 amide bonds. The summed E-state index contributed by atoms with van der Waals surface area (Å²) in [5, 5.41) is 9.88. The van der Waals surface area contributed by atoms with E-state index < -0.39 is 11.9 Å². The van der Waals surface area contributed by atoms with E-state index in [1.165, 1.54) is 29.1 Å². The number of carbonyl (C=O) groups is 1. The molecule has 0 radical (unpaired) electrons. The maximum absolute atomic E-state index is 13.5. The quantitative estimate of drug-likeness (QED) is 0.306. The van der Waals surface area contributed by atoms with Gasteiger partial charge in [0.1, 0.15) is 16.3 Å². The third-order valence-electron chi connectivity index (χ3n) is 5.96. The van der Waals surface area contributed by atoms with Crippen molar-refractivity contribution in [3.8, 4) is 5.75 Å². The van der Waals surface area contributed by atoms with E-state index in [0.717, 1.165) is 29.2 Å². The second kappa shape index (κ2) is 9.38. The maximum Gasteiger partial charge on any atom is 0.297 e. The predicted octanol–water partition coefficient (Wildman–Crippen LogP) is 5.66. The van der Waals surface area contributed by atoms with Crippen molar-refractivity contribution in [3.05, 3.63) is 80.6 Å². The maximum atomic E-state index is 13.5. The van der Waals surface area contributed by atoms with E-state index in [4.69, 9.17) is 9.15 Å². The first-order chi connectivity index (χ1) is 16.6. The van der Waals surface area contributed by atoms with Crippen LogP contribution >= 0.6 is 11.3 Å². The highest BCUT2D eigenvalue weighted by molar-refractivity contribution is 7.15. The molecular weight excluding hydrogens is 450 g/mol. The summed E-state index contributed by atoms with van der Waals surface area (Å²) >= 11 is 1.30. The van der Waals surface area contributed by atoms with Gasteiger partial charge in [-0.3, -0.25) is 14.5 Å². The van der Waals surface area contributed by atoms with Crippen LogP contribution in [0.5, 0.6) is 5.75 Å². The minimum atomic E-state index is -0.658. The zero-order valence-electron chi connectivity index (χ0n) is 19.1. The highest BCUT2D eigenvalue weighted by Gasteiger charge is 2.45. The van der Waals surface area contributed by atoms with Gasteiger partial charge in [0.25, 0.3) is 5.91 Å². The number of nitrogens with zero attached hydrogens (tertiary/aromatic N) is 3. The van der Waals surface area contributed by atoms with Crippen molar-refractivity contribution < 1.29 is 13.9 Å². The molecular formula is C26H25N3O4S. The first-order valence-electron chi connectivity index (χ1n) is 11.5. The molecule has 7 nitrogen and oxygen atoms in total. The minimum Gasteiger partial charge on any atom is -0.494 e. The van der Waals surface area contributed by atoms with Gasteiger partial charge in [0.05, 0.1) is 23.6 Å². The molecule has 1 unspecified atom stereocenters. The average molecular weight is 476 g/mol. The number of amides is 1. The van der Waals surface area contributed by atoms with Crippen LogP contribution in [0.2, 0.25) is 0 Å². The van der Waals surface area contributed by atoms with E-state index in [-0.39, 0.29) is 11.2 Å². The third-order valence-corrected chi connectivity index (χ3v) is 6.80. The van der Waals surface area contributed by atoms with Crippen molar-refractivity contribution in [3.63, 3.8) is 0 Å². The summed E-state index contributed by atoms with van der Waals surface area (Å²) in [7, 11) is 0. The molecule has 0 aliphatic carbocycles. The Morgan fingerprint density at radius 1 is 1.03 bits per heavy atom. The fourth-order valence-corrected chi connectivity index (χ4v) is 5.00. The van der Waals surface area contributed by atoms with E-state index >= 15 is 0 Å². The molecule has 2 aromatic heterocycles. The number of rotatable bonds is 8. The number of aryl methyl sites for hydroxylation is 1. The zero-order valence-corrected chi connectivity index (χ0v) is 19.9. The van der Waals surface area contributed by atoms with Crippen LogP contribution in [-0.2, 0) is 0 Å². The SMILES string of the molecule is CCCCCCOc1ccc(C2c3c(oc4ccccc4c3=O)C(=O)N2c2nnc(C)s2)cc1. The van der Waals surface area contributed by atoms with Crippen LogP contribution in [0.1, 0.15) is 65.3 Å².